The summed E-state index contributed by atoms with van der Waals surface area (Å²) in [6.45, 7) is 1.76. The van der Waals surface area contributed by atoms with E-state index in [-0.39, 0.29) is 11.3 Å². The summed E-state index contributed by atoms with van der Waals surface area (Å²) in [4.78, 5) is 38.2. The smallest absolute Gasteiger partial charge is 0.333 e. The molecule has 0 radical (unpaired) electrons. The van der Waals surface area contributed by atoms with Crippen molar-refractivity contribution >= 4 is 5.78 Å². The van der Waals surface area contributed by atoms with E-state index in [2.05, 4.69) is 4.98 Å². The van der Waals surface area contributed by atoms with Gasteiger partial charge in [0.25, 0.3) is 5.56 Å². The number of nitrogens with zero attached hydrogens (tertiary/aromatic N) is 1. The van der Waals surface area contributed by atoms with Crippen molar-refractivity contribution in [3.05, 3.63) is 62.4 Å². The molecule has 0 saturated heterocycles. The van der Waals surface area contributed by atoms with Crippen LogP contribution in [0.2, 0.25) is 0 Å². The van der Waals surface area contributed by atoms with Crippen molar-refractivity contribution in [3.63, 3.8) is 0 Å². The zero-order valence-electron chi connectivity index (χ0n) is 11.9. The molecule has 2 aromatic rings. The summed E-state index contributed by atoms with van der Waals surface area (Å²) >= 11 is 0. The maximum atomic E-state index is 12.3. The molecule has 6 heteroatoms. The normalized spacial score (nSPS) is 10.6. The Labute approximate surface area is 121 Å². The minimum Gasteiger partial charge on any atom is -0.384 e. The summed E-state index contributed by atoms with van der Waals surface area (Å²) in [5, 5.41) is 0. The van der Waals surface area contributed by atoms with Crippen LogP contribution < -0.4 is 11.2 Å². The van der Waals surface area contributed by atoms with Crippen molar-refractivity contribution in [1.82, 2.24) is 9.55 Å². The molecule has 1 aromatic heterocycles. The molecule has 0 aliphatic carbocycles. The first kappa shape index (κ1) is 14.9. The lowest BCUT2D eigenvalue weighted by Gasteiger charge is -2.11. The predicted molar refractivity (Wildman–Crippen MR) is 78.2 cm³/mol. The Balaban J connectivity index is 2.68. The summed E-state index contributed by atoms with van der Waals surface area (Å²) in [5.41, 5.74) is 0.0266. The highest BCUT2D eigenvalue weighted by atomic mass is 16.5. The average Bonchev–Trinajstić information content (AvgIpc) is 2.46. The van der Waals surface area contributed by atoms with Gasteiger partial charge in [-0.05, 0) is 25.0 Å². The molecule has 1 heterocycles. The number of hydrogen-bond acceptors (Lipinski definition) is 4. The van der Waals surface area contributed by atoms with Crippen LogP contribution in [0, 0.1) is 0 Å². The van der Waals surface area contributed by atoms with Crippen LogP contribution in [-0.4, -0.2) is 29.1 Å². The van der Waals surface area contributed by atoms with Crippen LogP contribution in [-0.2, 0) is 11.2 Å². The van der Waals surface area contributed by atoms with Crippen LogP contribution in [0.4, 0.5) is 0 Å². The lowest BCUT2D eigenvalue weighted by Crippen LogP contribution is -2.37. The van der Waals surface area contributed by atoms with E-state index in [0.29, 0.717) is 18.7 Å². The van der Waals surface area contributed by atoms with Crippen molar-refractivity contribution in [2.75, 3.05) is 13.7 Å². The SMILES string of the molecule is COCCc1ccccc1-n1c(=O)[nH]cc(C(C)=O)c1=O. The first-order valence-corrected chi connectivity index (χ1v) is 6.49. The van der Waals surface area contributed by atoms with E-state index in [1.54, 1.807) is 19.2 Å². The number of Topliss-reactive ketones (excluding diaryl/α,β-unsaturated/α-hetero) is 1. The van der Waals surface area contributed by atoms with E-state index in [1.807, 2.05) is 12.1 Å². The minimum atomic E-state index is -0.615. The maximum absolute atomic E-state index is 12.3. The van der Waals surface area contributed by atoms with Crippen molar-refractivity contribution in [2.24, 2.45) is 0 Å². The van der Waals surface area contributed by atoms with Gasteiger partial charge in [-0.15, -0.1) is 0 Å². The lowest BCUT2D eigenvalue weighted by molar-refractivity contribution is 0.101. The van der Waals surface area contributed by atoms with Crippen molar-refractivity contribution in [1.29, 1.82) is 0 Å². The van der Waals surface area contributed by atoms with Crippen LogP contribution in [0.3, 0.4) is 0 Å². The standard InChI is InChI=1S/C15H16N2O4/c1-10(18)12-9-16-15(20)17(14(12)19)13-6-4-3-5-11(13)7-8-21-2/h3-6,9H,7-8H2,1-2H3,(H,16,20). The summed E-state index contributed by atoms with van der Waals surface area (Å²) in [7, 11) is 1.58. The third-order valence-electron chi connectivity index (χ3n) is 3.16. The summed E-state index contributed by atoms with van der Waals surface area (Å²) in [5.74, 6) is -0.389. The van der Waals surface area contributed by atoms with Gasteiger partial charge in [0.05, 0.1) is 17.9 Å². The number of para-hydroxylation sites is 1. The molecule has 0 saturated carbocycles. The van der Waals surface area contributed by atoms with Gasteiger partial charge in [0, 0.05) is 13.3 Å². The Kier molecular flexibility index (Phi) is 4.49. The molecule has 6 nitrogen and oxygen atoms in total. The van der Waals surface area contributed by atoms with Gasteiger partial charge in [0.1, 0.15) is 0 Å². The quantitative estimate of drug-likeness (QED) is 0.829. The van der Waals surface area contributed by atoms with Gasteiger partial charge >= 0.3 is 5.69 Å². The Morgan fingerprint density at radius 2 is 2.00 bits per heavy atom. The fourth-order valence-corrected chi connectivity index (χ4v) is 2.10. The van der Waals surface area contributed by atoms with Crippen LogP contribution >= 0.6 is 0 Å². The molecule has 1 N–H and O–H groups in total. The second kappa shape index (κ2) is 6.32. The number of rotatable bonds is 5. The molecule has 2 rings (SSSR count). The Hall–Kier alpha value is -2.47. The number of carbonyl (C=O) groups is 1. The molecule has 0 bridgehead atoms. The zero-order valence-corrected chi connectivity index (χ0v) is 11.9. The number of aromatic amines is 1. The Morgan fingerprint density at radius 1 is 1.29 bits per heavy atom. The van der Waals surface area contributed by atoms with Crippen molar-refractivity contribution in [2.45, 2.75) is 13.3 Å². The third-order valence-corrected chi connectivity index (χ3v) is 3.16. The molecule has 0 fully saturated rings. The molecule has 0 amide bonds. The average molecular weight is 288 g/mol. The van der Waals surface area contributed by atoms with E-state index in [4.69, 9.17) is 4.74 Å². The highest BCUT2D eigenvalue weighted by molar-refractivity contribution is 5.93. The number of ketones is 1. The predicted octanol–water partition coefficient (Wildman–Crippen LogP) is 0.917. The van der Waals surface area contributed by atoms with Crippen LogP contribution in [0.1, 0.15) is 22.8 Å². The number of methoxy groups -OCH3 is 1. The number of carbonyl (C=O) groups excluding carboxylic acids is 1. The van der Waals surface area contributed by atoms with Gasteiger partial charge in [-0.25, -0.2) is 9.36 Å². The summed E-state index contributed by atoms with van der Waals surface area (Å²) in [6, 6.07) is 7.05. The van der Waals surface area contributed by atoms with Gasteiger partial charge in [0.2, 0.25) is 0 Å². The minimum absolute atomic E-state index is 0.0452. The fourth-order valence-electron chi connectivity index (χ4n) is 2.10. The first-order valence-electron chi connectivity index (χ1n) is 6.49. The van der Waals surface area contributed by atoms with E-state index in [9.17, 15) is 14.4 Å². The molecule has 1 aromatic carbocycles. The molecule has 0 spiro atoms. The van der Waals surface area contributed by atoms with E-state index in [1.165, 1.54) is 6.92 Å². The number of benzene rings is 1. The maximum Gasteiger partial charge on any atom is 0.333 e. The fraction of sp³-hybridized carbons (Fsp3) is 0.267. The van der Waals surface area contributed by atoms with Crippen molar-refractivity contribution in [3.8, 4) is 5.69 Å². The number of hydrogen-bond donors (Lipinski definition) is 1. The number of aromatic nitrogens is 2. The molecular formula is C15H16N2O4. The van der Waals surface area contributed by atoms with Crippen LogP contribution in [0.15, 0.2) is 40.1 Å². The number of ether oxygens (including phenoxy) is 1. The van der Waals surface area contributed by atoms with E-state index < -0.39 is 11.2 Å². The monoisotopic (exact) mass is 288 g/mol. The number of H-pyrrole nitrogens is 1. The molecule has 0 unspecified atom stereocenters. The third kappa shape index (κ3) is 3.00. The van der Waals surface area contributed by atoms with Crippen LogP contribution in [0.5, 0.6) is 0 Å². The molecule has 0 aliphatic rings. The molecular weight excluding hydrogens is 272 g/mol. The van der Waals surface area contributed by atoms with Gasteiger partial charge in [-0.3, -0.25) is 9.59 Å². The van der Waals surface area contributed by atoms with E-state index >= 15 is 0 Å². The van der Waals surface area contributed by atoms with Gasteiger partial charge in [0.15, 0.2) is 5.78 Å². The van der Waals surface area contributed by atoms with Crippen LogP contribution in [0.25, 0.3) is 5.69 Å². The summed E-state index contributed by atoms with van der Waals surface area (Å²) in [6.07, 6.45) is 1.71. The second-order valence-electron chi connectivity index (χ2n) is 4.58. The Bertz CT molecular complexity index is 774. The van der Waals surface area contributed by atoms with Gasteiger partial charge in [-0.2, -0.15) is 0 Å². The number of nitrogens with one attached hydrogen (secondary N) is 1. The van der Waals surface area contributed by atoms with E-state index in [0.717, 1.165) is 16.3 Å². The second-order valence-corrected chi connectivity index (χ2v) is 4.58. The van der Waals surface area contributed by atoms with Gasteiger partial charge < -0.3 is 9.72 Å². The molecule has 110 valence electrons. The summed E-state index contributed by atoms with van der Waals surface area (Å²) < 4.78 is 6.02. The molecule has 0 atom stereocenters. The molecule has 21 heavy (non-hydrogen) atoms. The Morgan fingerprint density at radius 3 is 2.67 bits per heavy atom. The largest absolute Gasteiger partial charge is 0.384 e. The van der Waals surface area contributed by atoms with Gasteiger partial charge in [-0.1, -0.05) is 18.2 Å². The lowest BCUT2D eigenvalue weighted by atomic mass is 10.1. The highest BCUT2D eigenvalue weighted by Crippen LogP contribution is 2.12. The topological polar surface area (TPSA) is 81.2 Å². The van der Waals surface area contributed by atoms with Crippen molar-refractivity contribution < 1.29 is 9.53 Å². The zero-order chi connectivity index (χ0) is 15.4. The molecule has 0 aliphatic heterocycles. The first-order chi connectivity index (χ1) is 10.1. The highest BCUT2D eigenvalue weighted by Gasteiger charge is 2.14.